The van der Waals surface area contributed by atoms with Crippen LogP contribution < -0.4 is 0 Å². The summed E-state index contributed by atoms with van der Waals surface area (Å²) in [5, 5.41) is 3.76. The predicted octanol–water partition coefficient (Wildman–Crippen LogP) is 0.517. The smallest absolute Gasteiger partial charge is 0.225 e. The van der Waals surface area contributed by atoms with Crippen LogP contribution in [0.3, 0.4) is 0 Å². The van der Waals surface area contributed by atoms with Gasteiger partial charge in [-0.2, -0.15) is 14.5 Å². The van der Waals surface area contributed by atoms with Gasteiger partial charge in [0.05, 0.1) is 0 Å². The molecule has 0 spiro atoms. The molecule has 0 radical (unpaired) electrons. The lowest BCUT2D eigenvalue weighted by Gasteiger charge is -1.81. The molecular formula is C5H8FN3. The van der Waals surface area contributed by atoms with E-state index in [0.29, 0.717) is 12.2 Å². The van der Waals surface area contributed by atoms with Crippen molar-refractivity contribution in [2.45, 2.75) is 13.3 Å². The highest BCUT2D eigenvalue weighted by atomic mass is 19.1. The van der Waals surface area contributed by atoms with Crippen molar-refractivity contribution in [1.82, 2.24) is 14.8 Å². The first-order chi connectivity index (χ1) is 4.24. The van der Waals surface area contributed by atoms with Crippen molar-refractivity contribution in [1.29, 1.82) is 0 Å². The maximum atomic E-state index is 12.3. The normalized spacial score (nSPS) is 10.1. The zero-order valence-electron chi connectivity index (χ0n) is 5.43. The Bertz CT molecular complexity index is 186. The Kier molecular flexibility index (Phi) is 1.46. The molecule has 1 aromatic rings. The van der Waals surface area contributed by atoms with Gasteiger partial charge in [-0.1, -0.05) is 6.92 Å². The number of hydrogen-bond acceptors (Lipinski definition) is 2. The first-order valence-corrected chi connectivity index (χ1v) is 2.79. The van der Waals surface area contributed by atoms with Crippen molar-refractivity contribution in [3.63, 3.8) is 0 Å². The van der Waals surface area contributed by atoms with E-state index in [4.69, 9.17) is 0 Å². The molecule has 4 heteroatoms. The minimum Gasteiger partial charge on any atom is -0.225 e. The summed E-state index contributed by atoms with van der Waals surface area (Å²) in [6, 6.07) is 0. The molecule has 0 saturated heterocycles. The van der Waals surface area contributed by atoms with Gasteiger partial charge in [0.2, 0.25) is 0 Å². The molecule has 0 atom stereocenters. The molecule has 0 aliphatic rings. The van der Waals surface area contributed by atoms with Crippen LogP contribution in [0.1, 0.15) is 12.7 Å². The lowest BCUT2D eigenvalue weighted by molar-refractivity contribution is 0.477. The van der Waals surface area contributed by atoms with Crippen molar-refractivity contribution in [3.8, 4) is 0 Å². The minimum absolute atomic E-state index is 0.521. The van der Waals surface area contributed by atoms with Crippen molar-refractivity contribution in [2.24, 2.45) is 7.05 Å². The third kappa shape index (κ3) is 1.06. The van der Waals surface area contributed by atoms with Gasteiger partial charge in [0.1, 0.15) is 0 Å². The minimum atomic E-state index is -0.521. The van der Waals surface area contributed by atoms with Gasteiger partial charge >= 0.3 is 6.08 Å². The second-order valence-electron chi connectivity index (χ2n) is 1.77. The Morgan fingerprint density at radius 1 is 1.67 bits per heavy atom. The number of rotatable bonds is 1. The molecule has 0 N–H and O–H groups in total. The van der Waals surface area contributed by atoms with Crippen LogP contribution in [0.15, 0.2) is 0 Å². The van der Waals surface area contributed by atoms with Crippen molar-refractivity contribution in [3.05, 3.63) is 11.9 Å². The average Bonchev–Trinajstić information content (AvgIpc) is 2.13. The zero-order valence-corrected chi connectivity index (χ0v) is 5.43. The summed E-state index contributed by atoms with van der Waals surface area (Å²) in [6.07, 6.45) is 0.157. The summed E-state index contributed by atoms with van der Waals surface area (Å²) in [5.41, 5.74) is 0. The summed E-state index contributed by atoms with van der Waals surface area (Å²) < 4.78 is 13.4. The molecule has 1 aromatic heterocycles. The summed E-state index contributed by atoms with van der Waals surface area (Å²) in [5.74, 6) is 0.551. The van der Waals surface area contributed by atoms with E-state index < -0.39 is 6.08 Å². The van der Waals surface area contributed by atoms with Crippen molar-refractivity contribution >= 4 is 0 Å². The molecule has 0 bridgehead atoms. The lowest BCUT2D eigenvalue weighted by atomic mass is 10.5. The van der Waals surface area contributed by atoms with Gasteiger partial charge in [-0.05, 0) is 0 Å². The molecule has 0 fully saturated rings. The number of nitrogens with zero attached hydrogens (tertiary/aromatic N) is 3. The molecule has 0 aliphatic heterocycles. The highest BCUT2D eigenvalue weighted by molar-refractivity contribution is 4.80. The largest absolute Gasteiger partial charge is 0.307 e. The molecule has 0 aliphatic carbocycles. The molecule has 50 valence electrons. The molecular weight excluding hydrogens is 121 g/mol. The van der Waals surface area contributed by atoms with E-state index in [2.05, 4.69) is 10.1 Å². The molecule has 0 amide bonds. The summed E-state index contributed by atoms with van der Waals surface area (Å²) in [7, 11) is 1.53. The van der Waals surface area contributed by atoms with E-state index in [1.165, 1.54) is 7.05 Å². The van der Waals surface area contributed by atoms with Gasteiger partial charge in [0.25, 0.3) is 0 Å². The van der Waals surface area contributed by atoms with Crippen LogP contribution in [-0.2, 0) is 13.5 Å². The highest BCUT2D eigenvalue weighted by Gasteiger charge is 2.01. The standard InChI is InChI=1S/C5H8FN3/c1-3-4-7-5(6)9(2)8-4/h3H2,1-2H3. The predicted molar refractivity (Wildman–Crippen MR) is 30.3 cm³/mol. The molecule has 1 rings (SSSR count). The van der Waals surface area contributed by atoms with Gasteiger partial charge < -0.3 is 0 Å². The van der Waals surface area contributed by atoms with Gasteiger partial charge in [-0.25, -0.2) is 4.68 Å². The van der Waals surface area contributed by atoms with Crippen LogP contribution in [0.2, 0.25) is 0 Å². The SMILES string of the molecule is CCc1nc(F)n(C)n1. The zero-order chi connectivity index (χ0) is 6.85. The van der Waals surface area contributed by atoms with Gasteiger partial charge in [-0.3, -0.25) is 0 Å². The summed E-state index contributed by atoms with van der Waals surface area (Å²) in [4.78, 5) is 3.51. The Morgan fingerprint density at radius 2 is 2.33 bits per heavy atom. The second-order valence-corrected chi connectivity index (χ2v) is 1.77. The number of halogens is 1. The second kappa shape index (κ2) is 2.13. The monoisotopic (exact) mass is 129 g/mol. The van der Waals surface area contributed by atoms with Gasteiger partial charge in [0, 0.05) is 13.5 Å². The van der Waals surface area contributed by atoms with Crippen LogP contribution in [0.25, 0.3) is 0 Å². The van der Waals surface area contributed by atoms with E-state index in [0.717, 1.165) is 4.68 Å². The third-order valence-electron chi connectivity index (χ3n) is 1.07. The first kappa shape index (κ1) is 6.19. The maximum Gasteiger partial charge on any atom is 0.307 e. The fourth-order valence-corrected chi connectivity index (χ4v) is 0.565. The van der Waals surface area contributed by atoms with Crippen molar-refractivity contribution < 1.29 is 4.39 Å². The third-order valence-corrected chi connectivity index (χ3v) is 1.07. The van der Waals surface area contributed by atoms with E-state index in [9.17, 15) is 4.39 Å². The quantitative estimate of drug-likeness (QED) is 0.553. The fourth-order valence-electron chi connectivity index (χ4n) is 0.565. The van der Waals surface area contributed by atoms with Crippen LogP contribution in [-0.4, -0.2) is 14.8 Å². The van der Waals surface area contributed by atoms with Gasteiger partial charge in [0.15, 0.2) is 5.82 Å². The van der Waals surface area contributed by atoms with E-state index in [1.807, 2.05) is 6.92 Å². The van der Waals surface area contributed by atoms with E-state index in [1.54, 1.807) is 0 Å². The number of aromatic nitrogens is 3. The Balaban J connectivity index is 2.98. The number of aryl methyl sites for hydroxylation is 2. The van der Waals surface area contributed by atoms with Gasteiger partial charge in [-0.15, -0.1) is 0 Å². The molecule has 0 aromatic carbocycles. The van der Waals surface area contributed by atoms with Crippen LogP contribution >= 0.6 is 0 Å². The topological polar surface area (TPSA) is 30.7 Å². The number of hydrogen-bond donors (Lipinski definition) is 0. The Morgan fingerprint density at radius 3 is 2.56 bits per heavy atom. The maximum absolute atomic E-state index is 12.3. The Hall–Kier alpha value is -0.930. The first-order valence-electron chi connectivity index (χ1n) is 2.79. The average molecular weight is 129 g/mol. The fraction of sp³-hybridized carbons (Fsp3) is 0.600. The van der Waals surface area contributed by atoms with Crippen LogP contribution in [0.4, 0.5) is 4.39 Å². The molecule has 0 unspecified atom stereocenters. The van der Waals surface area contributed by atoms with E-state index >= 15 is 0 Å². The highest BCUT2D eigenvalue weighted by Crippen LogP contribution is 1.93. The summed E-state index contributed by atoms with van der Waals surface area (Å²) >= 11 is 0. The van der Waals surface area contributed by atoms with Crippen LogP contribution in [0.5, 0.6) is 0 Å². The molecule has 1 heterocycles. The molecule has 3 nitrogen and oxygen atoms in total. The lowest BCUT2D eigenvalue weighted by Crippen LogP contribution is -1.93. The Labute approximate surface area is 52.5 Å². The summed E-state index contributed by atoms with van der Waals surface area (Å²) in [6.45, 7) is 1.88. The van der Waals surface area contributed by atoms with Crippen molar-refractivity contribution in [2.75, 3.05) is 0 Å². The van der Waals surface area contributed by atoms with E-state index in [-0.39, 0.29) is 0 Å². The molecule has 0 saturated carbocycles. The molecule has 9 heavy (non-hydrogen) atoms. The van der Waals surface area contributed by atoms with Crippen LogP contribution in [0, 0.1) is 6.08 Å².